The van der Waals surface area contributed by atoms with Crippen LogP contribution in [0.3, 0.4) is 0 Å². The second-order valence-electron chi connectivity index (χ2n) is 2.31. The van der Waals surface area contributed by atoms with Crippen molar-refractivity contribution in [3.8, 4) is 0 Å². The van der Waals surface area contributed by atoms with Gasteiger partial charge in [-0.15, -0.1) is 11.8 Å². The van der Waals surface area contributed by atoms with Crippen molar-refractivity contribution in [3.63, 3.8) is 0 Å². The van der Waals surface area contributed by atoms with Gasteiger partial charge >= 0.3 is 0 Å². The average molecular weight is 146 g/mol. The molecule has 1 atom stereocenters. The number of ether oxygens (including phenoxy) is 1. The first-order valence-electron chi connectivity index (χ1n) is 3.66. The predicted molar refractivity (Wildman–Crippen MR) is 41.7 cm³/mol. The molecule has 0 bridgehead atoms. The van der Waals surface area contributed by atoms with E-state index in [1.54, 1.807) is 0 Å². The van der Waals surface area contributed by atoms with Gasteiger partial charge in [-0.1, -0.05) is 13.3 Å². The molecule has 0 saturated carbocycles. The van der Waals surface area contributed by atoms with Gasteiger partial charge in [0, 0.05) is 6.42 Å². The monoisotopic (exact) mass is 146 g/mol. The molecule has 0 amide bonds. The third-order valence-corrected chi connectivity index (χ3v) is 2.73. The maximum atomic E-state index is 5.24. The first-order chi connectivity index (χ1) is 4.43. The molecule has 54 valence electrons. The van der Waals surface area contributed by atoms with E-state index in [1.165, 1.54) is 25.0 Å². The van der Waals surface area contributed by atoms with Crippen molar-refractivity contribution in [2.75, 3.05) is 12.4 Å². The summed E-state index contributed by atoms with van der Waals surface area (Å²) in [6, 6.07) is 0. The summed E-state index contributed by atoms with van der Waals surface area (Å²) in [5, 5.41) is 0. The SMILES string of the molecule is CCCCSC1CCO1. The van der Waals surface area contributed by atoms with Crippen LogP contribution in [0.4, 0.5) is 0 Å². The van der Waals surface area contributed by atoms with E-state index in [1.807, 2.05) is 11.8 Å². The van der Waals surface area contributed by atoms with Gasteiger partial charge in [0.25, 0.3) is 0 Å². The van der Waals surface area contributed by atoms with Crippen LogP contribution < -0.4 is 0 Å². The zero-order chi connectivity index (χ0) is 6.53. The molecule has 0 aromatic rings. The highest BCUT2D eigenvalue weighted by Crippen LogP contribution is 2.24. The van der Waals surface area contributed by atoms with E-state index in [2.05, 4.69) is 6.92 Å². The van der Waals surface area contributed by atoms with Crippen molar-refractivity contribution in [1.29, 1.82) is 0 Å². The highest BCUT2D eigenvalue weighted by molar-refractivity contribution is 7.99. The zero-order valence-electron chi connectivity index (χ0n) is 5.93. The Hall–Kier alpha value is 0.310. The fourth-order valence-corrected chi connectivity index (χ4v) is 1.88. The molecule has 0 aromatic carbocycles. The quantitative estimate of drug-likeness (QED) is 0.563. The molecule has 1 nitrogen and oxygen atoms in total. The van der Waals surface area contributed by atoms with Crippen molar-refractivity contribution in [2.24, 2.45) is 0 Å². The first kappa shape index (κ1) is 7.42. The van der Waals surface area contributed by atoms with Gasteiger partial charge in [0.05, 0.1) is 6.61 Å². The summed E-state index contributed by atoms with van der Waals surface area (Å²) in [6.45, 7) is 3.21. The Morgan fingerprint density at radius 1 is 1.67 bits per heavy atom. The number of hydrogen-bond donors (Lipinski definition) is 0. The van der Waals surface area contributed by atoms with Crippen LogP contribution in [0.1, 0.15) is 26.2 Å². The zero-order valence-corrected chi connectivity index (χ0v) is 6.75. The van der Waals surface area contributed by atoms with Crippen molar-refractivity contribution in [1.82, 2.24) is 0 Å². The topological polar surface area (TPSA) is 9.23 Å². The molecule has 0 radical (unpaired) electrons. The molecule has 1 heterocycles. The van der Waals surface area contributed by atoms with Crippen LogP contribution in [0.25, 0.3) is 0 Å². The summed E-state index contributed by atoms with van der Waals surface area (Å²) in [6.07, 6.45) is 3.92. The molecule has 1 aliphatic rings. The van der Waals surface area contributed by atoms with Gasteiger partial charge in [-0.25, -0.2) is 0 Å². The summed E-state index contributed by atoms with van der Waals surface area (Å²) in [7, 11) is 0. The van der Waals surface area contributed by atoms with Crippen LogP contribution in [-0.4, -0.2) is 17.8 Å². The predicted octanol–water partition coefficient (Wildman–Crippen LogP) is 2.27. The van der Waals surface area contributed by atoms with Gasteiger partial charge in [0.2, 0.25) is 0 Å². The molecule has 2 heteroatoms. The standard InChI is InChI=1S/C7H14OS/c1-2-3-6-9-7-4-5-8-7/h7H,2-6H2,1H3. The number of hydrogen-bond acceptors (Lipinski definition) is 2. The van der Waals surface area contributed by atoms with Crippen LogP contribution >= 0.6 is 11.8 Å². The maximum Gasteiger partial charge on any atom is 0.105 e. The Bertz CT molecular complexity index is 71.3. The van der Waals surface area contributed by atoms with Crippen molar-refractivity contribution < 1.29 is 4.74 Å². The lowest BCUT2D eigenvalue weighted by Crippen LogP contribution is -2.23. The van der Waals surface area contributed by atoms with E-state index >= 15 is 0 Å². The molecule has 9 heavy (non-hydrogen) atoms. The van der Waals surface area contributed by atoms with Gasteiger partial charge < -0.3 is 4.74 Å². The minimum absolute atomic E-state index is 0.552. The van der Waals surface area contributed by atoms with Crippen LogP contribution in [0, 0.1) is 0 Å². The van der Waals surface area contributed by atoms with Gasteiger partial charge in [-0.3, -0.25) is 0 Å². The van der Waals surface area contributed by atoms with Crippen molar-refractivity contribution in [3.05, 3.63) is 0 Å². The molecule has 0 spiro atoms. The Morgan fingerprint density at radius 2 is 2.44 bits per heavy atom. The molecule has 1 rings (SSSR count). The van der Waals surface area contributed by atoms with E-state index in [0.29, 0.717) is 5.44 Å². The van der Waals surface area contributed by atoms with Gasteiger partial charge in [-0.05, 0) is 12.2 Å². The molecule has 0 aliphatic carbocycles. The van der Waals surface area contributed by atoms with E-state index in [4.69, 9.17) is 4.74 Å². The number of thioether (sulfide) groups is 1. The fraction of sp³-hybridized carbons (Fsp3) is 1.00. The largest absolute Gasteiger partial charge is 0.367 e. The smallest absolute Gasteiger partial charge is 0.105 e. The fourth-order valence-electron chi connectivity index (χ4n) is 0.705. The van der Waals surface area contributed by atoms with Crippen LogP contribution in [0.5, 0.6) is 0 Å². The minimum atomic E-state index is 0.552. The Kier molecular flexibility index (Phi) is 3.44. The van der Waals surface area contributed by atoms with Gasteiger partial charge in [0.1, 0.15) is 5.44 Å². The molecule has 1 aliphatic heterocycles. The summed E-state index contributed by atoms with van der Waals surface area (Å²) >= 11 is 1.97. The Morgan fingerprint density at radius 3 is 2.89 bits per heavy atom. The lowest BCUT2D eigenvalue weighted by molar-refractivity contribution is 0.00982. The summed E-state index contributed by atoms with van der Waals surface area (Å²) in [5.41, 5.74) is 0.552. The summed E-state index contributed by atoms with van der Waals surface area (Å²) < 4.78 is 5.24. The number of rotatable bonds is 4. The molecule has 0 N–H and O–H groups in total. The highest BCUT2D eigenvalue weighted by atomic mass is 32.2. The van der Waals surface area contributed by atoms with E-state index < -0.39 is 0 Å². The Labute approximate surface area is 61.2 Å². The lowest BCUT2D eigenvalue weighted by Gasteiger charge is -2.25. The summed E-state index contributed by atoms with van der Waals surface area (Å²) in [4.78, 5) is 0. The molecular weight excluding hydrogens is 132 g/mol. The second kappa shape index (κ2) is 4.18. The van der Waals surface area contributed by atoms with Crippen LogP contribution in [0.15, 0.2) is 0 Å². The molecule has 1 unspecified atom stereocenters. The van der Waals surface area contributed by atoms with E-state index in [0.717, 1.165) is 6.61 Å². The highest BCUT2D eigenvalue weighted by Gasteiger charge is 2.16. The van der Waals surface area contributed by atoms with Gasteiger partial charge in [-0.2, -0.15) is 0 Å². The van der Waals surface area contributed by atoms with Crippen molar-refractivity contribution >= 4 is 11.8 Å². The van der Waals surface area contributed by atoms with Gasteiger partial charge in [0.15, 0.2) is 0 Å². The molecular formula is C7H14OS. The van der Waals surface area contributed by atoms with Crippen molar-refractivity contribution in [2.45, 2.75) is 31.6 Å². The van der Waals surface area contributed by atoms with Crippen LogP contribution in [-0.2, 0) is 4.74 Å². The third kappa shape index (κ3) is 2.59. The van der Waals surface area contributed by atoms with E-state index in [-0.39, 0.29) is 0 Å². The average Bonchev–Trinajstić information content (AvgIpc) is 1.76. The van der Waals surface area contributed by atoms with Crippen LogP contribution in [0.2, 0.25) is 0 Å². The minimum Gasteiger partial charge on any atom is -0.367 e. The van der Waals surface area contributed by atoms with E-state index in [9.17, 15) is 0 Å². The first-order valence-corrected chi connectivity index (χ1v) is 4.71. The number of unbranched alkanes of at least 4 members (excludes halogenated alkanes) is 1. The molecule has 1 saturated heterocycles. The maximum absolute atomic E-state index is 5.24. The summed E-state index contributed by atoms with van der Waals surface area (Å²) in [5.74, 6) is 1.28. The third-order valence-electron chi connectivity index (χ3n) is 1.46. The normalized spacial score (nSPS) is 25.7. The lowest BCUT2D eigenvalue weighted by atomic mass is 10.4. The molecule has 0 aromatic heterocycles. The molecule has 1 fully saturated rings. The Balaban J connectivity index is 1.80. The second-order valence-corrected chi connectivity index (χ2v) is 3.58.